The number of amides is 1. The van der Waals surface area contributed by atoms with Gasteiger partial charge in [0.25, 0.3) is 15.9 Å². The predicted molar refractivity (Wildman–Crippen MR) is 112 cm³/mol. The lowest BCUT2D eigenvalue weighted by atomic mass is 10.1. The molecule has 0 saturated carbocycles. The lowest BCUT2D eigenvalue weighted by Gasteiger charge is -2.13. The normalized spacial score (nSPS) is 11.0. The van der Waals surface area contributed by atoms with Gasteiger partial charge >= 0.3 is 0 Å². The molecular weight excluding hydrogens is 390 g/mol. The molecule has 0 aromatic heterocycles. The molecule has 0 saturated heterocycles. The zero-order valence-electron chi connectivity index (χ0n) is 16.0. The van der Waals surface area contributed by atoms with Crippen molar-refractivity contribution in [2.24, 2.45) is 0 Å². The van der Waals surface area contributed by atoms with Crippen LogP contribution in [0.15, 0.2) is 77.7 Å². The smallest absolute Gasteiger partial charge is 0.268 e. The summed E-state index contributed by atoms with van der Waals surface area (Å²) in [7, 11) is -2.29. The molecule has 0 spiro atoms. The lowest BCUT2D eigenvalue weighted by Crippen LogP contribution is -2.41. The van der Waals surface area contributed by atoms with E-state index in [1.165, 1.54) is 12.1 Å². The van der Waals surface area contributed by atoms with E-state index < -0.39 is 15.9 Å². The van der Waals surface area contributed by atoms with Crippen LogP contribution < -0.4 is 20.3 Å². The fourth-order valence-corrected chi connectivity index (χ4v) is 3.42. The summed E-state index contributed by atoms with van der Waals surface area (Å²) in [6.07, 6.45) is 0. The summed E-state index contributed by atoms with van der Waals surface area (Å²) in [4.78, 5) is 14.8. The zero-order valence-corrected chi connectivity index (χ0v) is 16.8. The molecule has 3 rings (SSSR count). The van der Waals surface area contributed by atoms with Gasteiger partial charge in [-0.05, 0) is 55.5 Å². The molecule has 0 heterocycles. The molecule has 0 aliphatic carbocycles. The van der Waals surface area contributed by atoms with Crippen LogP contribution in [0.5, 0.6) is 5.75 Å². The molecule has 0 atom stereocenters. The van der Waals surface area contributed by atoms with Gasteiger partial charge in [-0.3, -0.25) is 10.2 Å². The topological polar surface area (TPSA) is 96.5 Å². The average Bonchev–Trinajstić information content (AvgIpc) is 2.73. The minimum absolute atomic E-state index is 0.0630. The van der Waals surface area contributed by atoms with E-state index in [-0.39, 0.29) is 10.5 Å². The Hall–Kier alpha value is -3.36. The molecule has 0 aliphatic rings. The van der Waals surface area contributed by atoms with Gasteiger partial charge < -0.3 is 10.1 Å². The van der Waals surface area contributed by atoms with Crippen LogP contribution in [0.3, 0.4) is 0 Å². The minimum atomic E-state index is -3.88. The predicted octanol–water partition coefficient (Wildman–Crippen LogP) is 3.37. The van der Waals surface area contributed by atoms with Crippen molar-refractivity contribution in [2.45, 2.75) is 11.8 Å². The second kappa shape index (κ2) is 8.76. The van der Waals surface area contributed by atoms with Crippen molar-refractivity contribution in [3.8, 4) is 5.75 Å². The highest BCUT2D eigenvalue weighted by Crippen LogP contribution is 2.23. The number of aryl methyl sites for hydroxylation is 1. The van der Waals surface area contributed by atoms with E-state index >= 15 is 0 Å². The first kappa shape index (κ1) is 20.4. The molecule has 150 valence electrons. The molecule has 0 aliphatic heterocycles. The van der Waals surface area contributed by atoms with E-state index in [9.17, 15) is 13.2 Å². The molecule has 7 nitrogen and oxygen atoms in total. The summed E-state index contributed by atoms with van der Waals surface area (Å²) in [5.74, 6) is 0.129. The highest BCUT2D eigenvalue weighted by atomic mass is 32.2. The van der Waals surface area contributed by atoms with Crippen molar-refractivity contribution in [1.82, 2.24) is 10.3 Å². The second-order valence-corrected chi connectivity index (χ2v) is 7.95. The second-order valence-electron chi connectivity index (χ2n) is 6.27. The van der Waals surface area contributed by atoms with Crippen molar-refractivity contribution in [1.29, 1.82) is 0 Å². The molecule has 1 amide bonds. The first-order chi connectivity index (χ1) is 13.9. The number of anilines is 2. The number of ether oxygens (including phenoxy) is 1. The largest absolute Gasteiger partial charge is 0.497 e. The monoisotopic (exact) mass is 411 g/mol. The van der Waals surface area contributed by atoms with Crippen molar-refractivity contribution < 1.29 is 17.9 Å². The van der Waals surface area contributed by atoms with E-state index in [4.69, 9.17) is 4.74 Å². The van der Waals surface area contributed by atoms with E-state index in [2.05, 4.69) is 15.6 Å². The van der Waals surface area contributed by atoms with Crippen LogP contribution in [-0.2, 0) is 10.0 Å². The van der Waals surface area contributed by atoms with Crippen LogP contribution >= 0.6 is 0 Å². The summed E-state index contributed by atoms with van der Waals surface area (Å²) in [5.41, 5.74) is 4.77. The van der Waals surface area contributed by atoms with Crippen LogP contribution in [0, 0.1) is 6.92 Å². The number of benzene rings is 3. The number of nitrogens with one attached hydrogen (secondary N) is 3. The third kappa shape index (κ3) is 5.13. The fraction of sp³-hybridized carbons (Fsp3) is 0.0952. The maximum atomic E-state index is 12.6. The van der Waals surface area contributed by atoms with E-state index in [1.807, 2.05) is 19.1 Å². The molecule has 3 aromatic carbocycles. The maximum absolute atomic E-state index is 12.6. The molecule has 0 radical (unpaired) electrons. The van der Waals surface area contributed by atoms with Gasteiger partial charge in [0.15, 0.2) is 0 Å². The zero-order chi connectivity index (χ0) is 20.9. The van der Waals surface area contributed by atoms with Crippen LogP contribution in [0.25, 0.3) is 0 Å². The molecule has 0 fully saturated rings. The van der Waals surface area contributed by atoms with E-state index in [0.29, 0.717) is 11.4 Å². The van der Waals surface area contributed by atoms with E-state index in [1.54, 1.807) is 55.6 Å². The highest BCUT2D eigenvalue weighted by Gasteiger charge is 2.17. The van der Waals surface area contributed by atoms with Gasteiger partial charge in [-0.25, -0.2) is 8.42 Å². The Bertz CT molecular complexity index is 1100. The Morgan fingerprint density at radius 1 is 0.897 bits per heavy atom. The number of para-hydroxylation sites is 1. The summed E-state index contributed by atoms with van der Waals surface area (Å²) in [6, 6.07) is 20.3. The third-order valence-electron chi connectivity index (χ3n) is 4.17. The number of hydrazine groups is 1. The Labute approximate surface area is 169 Å². The quantitative estimate of drug-likeness (QED) is 0.518. The van der Waals surface area contributed by atoms with Crippen molar-refractivity contribution in [3.05, 3.63) is 83.9 Å². The Morgan fingerprint density at radius 3 is 2.21 bits per heavy atom. The molecule has 0 unspecified atom stereocenters. The Balaban J connectivity index is 1.73. The van der Waals surface area contributed by atoms with Crippen LogP contribution in [0.1, 0.15) is 15.9 Å². The van der Waals surface area contributed by atoms with E-state index in [0.717, 1.165) is 11.3 Å². The number of carbonyl (C=O) groups is 1. The average molecular weight is 411 g/mol. The van der Waals surface area contributed by atoms with Gasteiger partial charge in [-0.15, -0.1) is 4.83 Å². The molecule has 3 aromatic rings. The number of sulfonamides is 1. The first-order valence-electron chi connectivity index (χ1n) is 8.78. The fourth-order valence-electron chi connectivity index (χ4n) is 2.58. The van der Waals surface area contributed by atoms with Crippen LogP contribution in [-0.4, -0.2) is 21.4 Å². The lowest BCUT2D eigenvalue weighted by molar-refractivity contribution is 0.0946. The Morgan fingerprint density at radius 2 is 1.55 bits per heavy atom. The maximum Gasteiger partial charge on any atom is 0.268 e. The molecular formula is C21H21N3O4S. The molecule has 3 N–H and O–H groups in total. The number of carbonyl (C=O) groups excluding carboxylic acids is 1. The standard InChI is InChI=1S/C21H21N3O4S/c1-15-7-13-18(14-8-15)29(26,27)24-23-21(25)19-5-3-4-6-20(19)22-16-9-11-17(28-2)12-10-16/h3-14,22,24H,1-2H3,(H,23,25). The van der Waals surface area contributed by atoms with Gasteiger partial charge in [-0.2, -0.15) is 0 Å². The Kier molecular flexibility index (Phi) is 6.16. The van der Waals surface area contributed by atoms with Crippen molar-refractivity contribution in [3.63, 3.8) is 0 Å². The SMILES string of the molecule is COc1ccc(Nc2ccccc2C(=O)NNS(=O)(=O)c2ccc(C)cc2)cc1. The number of hydrogen-bond donors (Lipinski definition) is 3. The summed E-state index contributed by atoms with van der Waals surface area (Å²) >= 11 is 0. The first-order valence-corrected chi connectivity index (χ1v) is 10.3. The third-order valence-corrected chi connectivity index (χ3v) is 5.43. The van der Waals surface area contributed by atoms with Gasteiger partial charge in [0.05, 0.1) is 23.3 Å². The summed E-state index contributed by atoms with van der Waals surface area (Å²) in [6.45, 7) is 1.86. The number of hydrogen-bond acceptors (Lipinski definition) is 5. The van der Waals surface area contributed by atoms with Crippen molar-refractivity contribution >= 4 is 27.3 Å². The minimum Gasteiger partial charge on any atom is -0.497 e. The molecule has 0 bridgehead atoms. The number of methoxy groups -OCH3 is 1. The highest BCUT2D eigenvalue weighted by molar-refractivity contribution is 7.89. The molecule has 8 heteroatoms. The van der Waals surface area contributed by atoms with Gasteiger partial charge in [0.1, 0.15) is 5.75 Å². The molecule has 29 heavy (non-hydrogen) atoms. The number of rotatable bonds is 7. The van der Waals surface area contributed by atoms with Crippen molar-refractivity contribution in [2.75, 3.05) is 12.4 Å². The summed E-state index contributed by atoms with van der Waals surface area (Å²) < 4.78 is 29.9. The van der Waals surface area contributed by atoms with Gasteiger partial charge in [-0.1, -0.05) is 29.8 Å². The van der Waals surface area contributed by atoms with Gasteiger partial charge in [0.2, 0.25) is 0 Å². The van der Waals surface area contributed by atoms with Gasteiger partial charge in [0, 0.05) is 5.69 Å². The van der Waals surface area contributed by atoms with Crippen LogP contribution in [0.2, 0.25) is 0 Å². The van der Waals surface area contributed by atoms with Crippen LogP contribution in [0.4, 0.5) is 11.4 Å². The summed E-state index contributed by atoms with van der Waals surface area (Å²) in [5, 5.41) is 3.15.